The van der Waals surface area contributed by atoms with Gasteiger partial charge in [-0.3, -0.25) is 9.78 Å². The van der Waals surface area contributed by atoms with Crippen molar-refractivity contribution in [3.05, 3.63) is 24.0 Å². The summed E-state index contributed by atoms with van der Waals surface area (Å²) in [5.74, 6) is 0.627. The first-order valence-electron chi connectivity index (χ1n) is 6.49. The molecule has 1 N–H and O–H groups in total. The van der Waals surface area contributed by atoms with Crippen LogP contribution < -0.4 is 5.32 Å². The average Bonchev–Trinajstić information content (AvgIpc) is 2.36. The smallest absolute Gasteiger partial charge is 0.257 e. The lowest BCUT2D eigenvalue weighted by molar-refractivity contribution is 0.0789. The van der Waals surface area contributed by atoms with E-state index in [-0.39, 0.29) is 5.91 Å². The van der Waals surface area contributed by atoms with Crippen LogP contribution in [0.1, 0.15) is 37.6 Å². The van der Waals surface area contributed by atoms with Gasteiger partial charge in [0, 0.05) is 32.5 Å². The number of amides is 1. The van der Waals surface area contributed by atoms with Crippen molar-refractivity contribution in [1.82, 2.24) is 9.88 Å². The van der Waals surface area contributed by atoms with Crippen molar-refractivity contribution in [2.45, 2.75) is 27.2 Å². The molecular formula is C14H23N3O. The number of aromatic nitrogens is 1. The summed E-state index contributed by atoms with van der Waals surface area (Å²) in [5.41, 5.74) is 1.50. The SMILES string of the molecule is CCNc1ccncc1C(=O)N(C)CCC(C)C. The second kappa shape index (κ2) is 6.99. The van der Waals surface area contributed by atoms with E-state index in [0.717, 1.165) is 25.2 Å². The number of anilines is 1. The first-order chi connectivity index (χ1) is 8.56. The molecule has 0 unspecified atom stereocenters. The second-order valence-electron chi connectivity index (χ2n) is 4.86. The van der Waals surface area contributed by atoms with Crippen LogP contribution >= 0.6 is 0 Å². The molecule has 18 heavy (non-hydrogen) atoms. The Labute approximate surface area is 109 Å². The molecule has 1 heterocycles. The number of carbonyl (C=O) groups is 1. The Balaban J connectivity index is 2.76. The van der Waals surface area contributed by atoms with Gasteiger partial charge in [-0.15, -0.1) is 0 Å². The first kappa shape index (κ1) is 14.5. The molecule has 0 aliphatic carbocycles. The van der Waals surface area contributed by atoms with E-state index in [0.29, 0.717) is 11.5 Å². The van der Waals surface area contributed by atoms with Crippen molar-refractivity contribution in [3.63, 3.8) is 0 Å². The van der Waals surface area contributed by atoms with Crippen LogP contribution in [0.5, 0.6) is 0 Å². The van der Waals surface area contributed by atoms with E-state index in [1.165, 1.54) is 0 Å². The highest BCUT2D eigenvalue weighted by atomic mass is 16.2. The topological polar surface area (TPSA) is 45.2 Å². The third-order valence-corrected chi connectivity index (χ3v) is 2.81. The molecule has 0 radical (unpaired) electrons. The largest absolute Gasteiger partial charge is 0.385 e. The number of nitrogens with zero attached hydrogens (tertiary/aromatic N) is 2. The maximum atomic E-state index is 12.3. The molecule has 1 amide bonds. The van der Waals surface area contributed by atoms with Crippen LogP contribution in [0.4, 0.5) is 5.69 Å². The fourth-order valence-corrected chi connectivity index (χ4v) is 1.67. The fraction of sp³-hybridized carbons (Fsp3) is 0.571. The zero-order chi connectivity index (χ0) is 13.5. The summed E-state index contributed by atoms with van der Waals surface area (Å²) in [6.45, 7) is 7.90. The van der Waals surface area contributed by atoms with Gasteiger partial charge in [-0.25, -0.2) is 0 Å². The van der Waals surface area contributed by atoms with E-state index in [9.17, 15) is 4.79 Å². The molecule has 0 fully saturated rings. The number of hydrogen-bond acceptors (Lipinski definition) is 3. The Hall–Kier alpha value is -1.58. The van der Waals surface area contributed by atoms with Crippen LogP contribution in [0.25, 0.3) is 0 Å². The van der Waals surface area contributed by atoms with Crippen molar-refractivity contribution in [3.8, 4) is 0 Å². The third kappa shape index (κ3) is 4.02. The minimum absolute atomic E-state index is 0.0275. The van der Waals surface area contributed by atoms with Gasteiger partial charge in [0.15, 0.2) is 0 Å². The second-order valence-corrected chi connectivity index (χ2v) is 4.86. The van der Waals surface area contributed by atoms with Crippen molar-refractivity contribution >= 4 is 11.6 Å². The predicted molar refractivity (Wildman–Crippen MR) is 74.8 cm³/mol. The summed E-state index contributed by atoms with van der Waals surface area (Å²) >= 11 is 0. The Morgan fingerprint density at radius 1 is 1.50 bits per heavy atom. The molecule has 0 atom stereocenters. The van der Waals surface area contributed by atoms with Crippen LogP contribution in [0.2, 0.25) is 0 Å². The molecule has 1 aromatic rings. The number of rotatable bonds is 6. The van der Waals surface area contributed by atoms with Crippen LogP contribution in [-0.4, -0.2) is 35.9 Å². The molecule has 0 bridgehead atoms. The number of pyridine rings is 1. The molecule has 100 valence electrons. The first-order valence-corrected chi connectivity index (χ1v) is 6.49. The standard InChI is InChI=1S/C14H23N3O/c1-5-16-13-6-8-15-10-12(13)14(18)17(4)9-7-11(2)3/h6,8,10-11H,5,7,9H2,1-4H3,(H,15,16). The molecule has 0 spiro atoms. The minimum Gasteiger partial charge on any atom is -0.385 e. The number of hydrogen-bond donors (Lipinski definition) is 1. The Morgan fingerprint density at radius 2 is 2.22 bits per heavy atom. The van der Waals surface area contributed by atoms with Gasteiger partial charge in [0.1, 0.15) is 0 Å². The summed E-state index contributed by atoms with van der Waals surface area (Å²) in [5, 5.41) is 3.19. The monoisotopic (exact) mass is 249 g/mol. The molecule has 1 aromatic heterocycles. The normalized spacial score (nSPS) is 10.5. The molecule has 4 nitrogen and oxygen atoms in total. The van der Waals surface area contributed by atoms with E-state index < -0.39 is 0 Å². The molecule has 0 saturated heterocycles. The van der Waals surface area contributed by atoms with Crippen LogP contribution in [0, 0.1) is 5.92 Å². The third-order valence-electron chi connectivity index (χ3n) is 2.81. The van der Waals surface area contributed by atoms with Gasteiger partial charge in [0.25, 0.3) is 5.91 Å². The molecule has 4 heteroatoms. The van der Waals surface area contributed by atoms with Crippen LogP contribution in [0.3, 0.4) is 0 Å². The van der Waals surface area contributed by atoms with Crippen molar-refractivity contribution < 1.29 is 4.79 Å². The van der Waals surface area contributed by atoms with Crippen LogP contribution in [0.15, 0.2) is 18.5 Å². The summed E-state index contributed by atoms with van der Waals surface area (Å²) in [7, 11) is 1.84. The quantitative estimate of drug-likeness (QED) is 0.843. The van der Waals surface area contributed by atoms with Crippen molar-refractivity contribution in [1.29, 1.82) is 0 Å². The van der Waals surface area contributed by atoms with E-state index in [4.69, 9.17) is 0 Å². The maximum absolute atomic E-state index is 12.3. The zero-order valence-corrected chi connectivity index (χ0v) is 11.7. The van der Waals surface area contributed by atoms with Gasteiger partial charge in [-0.2, -0.15) is 0 Å². The van der Waals surface area contributed by atoms with Gasteiger partial charge < -0.3 is 10.2 Å². The highest BCUT2D eigenvalue weighted by molar-refractivity contribution is 5.99. The summed E-state index contributed by atoms with van der Waals surface area (Å²) in [6.07, 6.45) is 4.34. The number of carbonyl (C=O) groups excluding carboxylic acids is 1. The minimum atomic E-state index is 0.0275. The lowest BCUT2D eigenvalue weighted by Gasteiger charge is -2.19. The van der Waals surface area contributed by atoms with E-state index >= 15 is 0 Å². The molecule has 1 rings (SSSR count). The van der Waals surface area contributed by atoms with Crippen molar-refractivity contribution in [2.75, 3.05) is 25.5 Å². The van der Waals surface area contributed by atoms with E-state index in [2.05, 4.69) is 24.1 Å². The lowest BCUT2D eigenvalue weighted by atomic mass is 10.1. The lowest BCUT2D eigenvalue weighted by Crippen LogP contribution is -2.29. The molecule has 0 saturated carbocycles. The molecule has 0 aliphatic rings. The number of nitrogens with one attached hydrogen (secondary N) is 1. The average molecular weight is 249 g/mol. The fourth-order valence-electron chi connectivity index (χ4n) is 1.67. The summed E-state index contributed by atoms with van der Waals surface area (Å²) in [4.78, 5) is 18.1. The van der Waals surface area contributed by atoms with Crippen LogP contribution in [-0.2, 0) is 0 Å². The highest BCUT2D eigenvalue weighted by Crippen LogP contribution is 2.15. The summed E-state index contributed by atoms with van der Waals surface area (Å²) < 4.78 is 0. The molecule has 0 aliphatic heterocycles. The Bertz CT molecular complexity index is 390. The zero-order valence-electron chi connectivity index (χ0n) is 11.7. The molecule has 0 aromatic carbocycles. The van der Waals surface area contributed by atoms with E-state index in [1.54, 1.807) is 17.3 Å². The van der Waals surface area contributed by atoms with Gasteiger partial charge >= 0.3 is 0 Å². The molecular weight excluding hydrogens is 226 g/mol. The van der Waals surface area contributed by atoms with Gasteiger partial charge in [0.2, 0.25) is 0 Å². The summed E-state index contributed by atoms with van der Waals surface area (Å²) in [6, 6.07) is 1.84. The Kier molecular flexibility index (Phi) is 5.62. The van der Waals surface area contributed by atoms with Crippen molar-refractivity contribution in [2.24, 2.45) is 5.92 Å². The maximum Gasteiger partial charge on any atom is 0.257 e. The predicted octanol–water partition coefficient (Wildman–Crippen LogP) is 2.63. The van der Waals surface area contributed by atoms with Gasteiger partial charge in [0.05, 0.1) is 11.3 Å². The van der Waals surface area contributed by atoms with Gasteiger partial charge in [-0.05, 0) is 25.3 Å². The highest BCUT2D eigenvalue weighted by Gasteiger charge is 2.15. The Morgan fingerprint density at radius 3 is 2.83 bits per heavy atom. The van der Waals surface area contributed by atoms with Gasteiger partial charge in [-0.1, -0.05) is 13.8 Å². The van der Waals surface area contributed by atoms with E-state index in [1.807, 2.05) is 20.0 Å².